The zero-order valence-corrected chi connectivity index (χ0v) is 14.8. The van der Waals surface area contributed by atoms with Gasteiger partial charge < -0.3 is 23.7 Å². The minimum Gasteiger partial charge on any atom is -0.371 e. The van der Waals surface area contributed by atoms with Crippen LogP contribution < -0.4 is 0 Å². The molecule has 3 aliphatic rings. The first-order valence-electron chi connectivity index (χ1n) is 9.00. The van der Waals surface area contributed by atoms with Crippen molar-refractivity contribution in [1.82, 2.24) is 0 Å². The van der Waals surface area contributed by atoms with Crippen molar-refractivity contribution >= 4 is 0 Å². The second-order valence-corrected chi connectivity index (χ2v) is 7.27. The molecule has 136 valence electrons. The molecule has 5 nitrogen and oxygen atoms in total. The monoisotopic (exact) mass is 338 g/mol. The Kier molecular flexibility index (Phi) is 5.78. The van der Waals surface area contributed by atoms with Gasteiger partial charge in [0, 0.05) is 0 Å². The molecule has 3 fully saturated rings. The molecule has 0 unspecified atom stereocenters. The van der Waals surface area contributed by atoms with Crippen LogP contribution in [0.15, 0.2) is 25.3 Å². The maximum atomic E-state index is 6.35. The summed E-state index contributed by atoms with van der Waals surface area (Å²) in [6.07, 6.45) is 7.27. The molecular weight excluding hydrogens is 308 g/mol. The molecule has 3 aliphatic heterocycles. The van der Waals surface area contributed by atoms with Crippen LogP contribution in [0, 0.1) is 0 Å². The minimum atomic E-state index is -0.537. The van der Waals surface area contributed by atoms with Crippen LogP contribution in [0.25, 0.3) is 0 Å². The van der Waals surface area contributed by atoms with Gasteiger partial charge in [0.1, 0.15) is 12.2 Å². The summed E-state index contributed by atoms with van der Waals surface area (Å²) in [6, 6.07) is 0. The van der Waals surface area contributed by atoms with Crippen molar-refractivity contribution in [3.8, 4) is 0 Å². The van der Waals surface area contributed by atoms with Crippen LogP contribution in [0.4, 0.5) is 0 Å². The molecule has 6 atom stereocenters. The first kappa shape index (κ1) is 18.1. The van der Waals surface area contributed by atoms with Crippen LogP contribution in [0.1, 0.15) is 39.5 Å². The lowest BCUT2D eigenvalue weighted by molar-refractivity contribution is -0.313. The van der Waals surface area contributed by atoms with Crippen molar-refractivity contribution in [3.05, 3.63) is 25.3 Å². The third-order valence-electron chi connectivity index (χ3n) is 5.04. The highest BCUT2D eigenvalue weighted by atomic mass is 16.7. The molecular formula is C19H30O5. The number of fused-ring (bicyclic) bond motifs is 2. The van der Waals surface area contributed by atoms with Gasteiger partial charge in [-0.15, -0.1) is 13.2 Å². The van der Waals surface area contributed by atoms with E-state index in [1.54, 1.807) is 6.08 Å². The largest absolute Gasteiger partial charge is 0.371 e. The Balaban J connectivity index is 1.68. The zero-order chi connectivity index (χ0) is 17.2. The van der Waals surface area contributed by atoms with Gasteiger partial charge in [-0.3, -0.25) is 0 Å². The molecule has 0 N–H and O–H groups in total. The smallest absolute Gasteiger partial charge is 0.163 e. The highest BCUT2D eigenvalue weighted by Gasteiger charge is 2.44. The highest BCUT2D eigenvalue weighted by Crippen LogP contribution is 2.35. The lowest BCUT2D eigenvalue weighted by atomic mass is 10.0. The maximum Gasteiger partial charge on any atom is 0.163 e. The Morgan fingerprint density at radius 1 is 1.00 bits per heavy atom. The van der Waals surface area contributed by atoms with Gasteiger partial charge in [0.25, 0.3) is 0 Å². The van der Waals surface area contributed by atoms with Crippen molar-refractivity contribution in [2.24, 2.45) is 0 Å². The molecule has 0 radical (unpaired) electrons. The van der Waals surface area contributed by atoms with Gasteiger partial charge in [-0.25, -0.2) is 0 Å². The van der Waals surface area contributed by atoms with E-state index in [0.29, 0.717) is 13.2 Å². The van der Waals surface area contributed by atoms with E-state index in [1.165, 1.54) is 0 Å². The summed E-state index contributed by atoms with van der Waals surface area (Å²) in [5.74, 6) is -0.537. The zero-order valence-electron chi connectivity index (χ0n) is 14.8. The lowest BCUT2D eigenvalue weighted by Gasteiger charge is -2.40. The molecule has 0 aromatic rings. The molecule has 0 spiro atoms. The van der Waals surface area contributed by atoms with Crippen molar-refractivity contribution in [2.75, 3.05) is 13.2 Å². The van der Waals surface area contributed by atoms with E-state index < -0.39 is 5.79 Å². The van der Waals surface area contributed by atoms with Crippen LogP contribution >= 0.6 is 0 Å². The molecule has 0 aromatic heterocycles. The molecule has 0 aliphatic carbocycles. The normalized spacial score (nSPS) is 42.1. The third kappa shape index (κ3) is 4.09. The fourth-order valence-corrected chi connectivity index (χ4v) is 3.83. The van der Waals surface area contributed by atoms with Crippen LogP contribution in [0.2, 0.25) is 0 Å². The van der Waals surface area contributed by atoms with Gasteiger partial charge in [-0.1, -0.05) is 12.2 Å². The fraction of sp³-hybridized carbons (Fsp3) is 0.789. The van der Waals surface area contributed by atoms with Gasteiger partial charge in [-0.2, -0.15) is 0 Å². The van der Waals surface area contributed by atoms with E-state index in [-0.39, 0.29) is 36.6 Å². The molecule has 0 bridgehead atoms. The van der Waals surface area contributed by atoms with Crippen LogP contribution in [0.3, 0.4) is 0 Å². The molecule has 0 amide bonds. The average molecular weight is 338 g/mol. The summed E-state index contributed by atoms with van der Waals surface area (Å²) in [5.41, 5.74) is 0. The minimum absolute atomic E-state index is 0.00427. The van der Waals surface area contributed by atoms with E-state index in [4.69, 9.17) is 23.7 Å². The Morgan fingerprint density at radius 2 is 1.71 bits per heavy atom. The van der Waals surface area contributed by atoms with Gasteiger partial charge in [0.05, 0.1) is 37.6 Å². The predicted molar refractivity (Wildman–Crippen MR) is 90.8 cm³/mol. The Morgan fingerprint density at radius 3 is 2.46 bits per heavy atom. The van der Waals surface area contributed by atoms with E-state index in [0.717, 1.165) is 25.7 Å². The summed E-state index contributed by atoms with van der Waals surface area (Å²) < 4.78 is 30.4. The molecule has 0 saturated carbocycles. The lowest BCUT2D eigenvalue weighted by Crippen LogP contribution is -2.50. The van der Waals surface area contributed by atoms with E-state index >= 15 is 0 Å². The van der Waals surface area contributed by atoms with Crippen molar-refractivity contribution in [3.63, 3.8) is 0 Å². The Bertz CT molecular complexity index is 449. The topological polar surface area (TPSA) is 46.2 Å². The number of rotatable bonds is 4. The van der Waals surface area contributed by atoms with E-state index in [1.807, 2.05) is 19.9 Å². The van der Waals surface area contributed by atoms with Crippen molar-refractivity contribution in [2.45, 2.75) is 81.9 Å². The predicted octanol–water partition coefficient (Wildman–Crippen LogP) is 2.99. The van der Waals surface area contributed by atoms with Crippen molar-refractivity contribution in [1.29, 1.82) is 0 Å². The van der Waals surface area contributed by atoms with Gasteiger partial charge in [0.2, 0.25) is 0 Å². The highest BCUT2D eigenvalue weighted by molar-refractivity contribution is 4.95. The third-order valence-corrected chi connectivity index (χ3v) is 5.04. The standard InChI is InChI=1S/C19H30O5/c1-5-11-20-14-7-8-16-15(22-13(14)6-2)9-10-17-18(23-16)12-21-19(3,4)24-17/h5-6,13-18H,1-2,7-12H2,3-4H3/t13-,14+,15+,16-,17-,18+/m0/s1. The summed E-state index contributed by atoms with van der Waals surface area (Å²) in [5, 5.41) is 0. The second kappa shape index (κ2) is 7.67. The first-order chi connectivity index (χ1) is 11.5. The molecule has 0 aromatic carbocycles. The van der Waals surface area contributed by atoms with Crippen LogP contribution in [-0.4, -0.2) is 55.6 Å². The quantitative estimate of drug-likeness (QED) is 0.738. The first-order valence-corrected chi connectivity index (χ1v) is 9.00. The summed E-state index contributed by atoms with van der Waals surface area (Å²) >= 11 is 0. The second-order valence-electron chi connectivity index (χ2n) is 7.27. The molecule has 24 heavy (non-hydrogen) atoms. The molecule has 3 saturated heterocycles. The summed E-state index contributed by atoms with van der Waals surface area (Å²) in [4.78, 5) is 0. The van der Waals surface area contributed by atoms with E-state index in [9.17, 15) is 0 Å². The van der Waals surface area contributed by atoms with Crippen molar-refractivity contribution < 1.29 is 23.7 Å². The SMILES string of the molecule is C=CCO[C@@H]1CC[C@@H]2O[C@@H]3COC(C)(C)O[C@H]3CC[C@H]2O[C@H]1C=C. The Hall–Kier alpha value is -0.720. The fourth-order valence-electron chi connectivity index (χ4n) is 3.83. The summed E-state index contributed by atoms with van der Waals surface area (Å²) in [6.45, 7) is 12.6. The van der Waals surface area contributed by atoms with Gasteiger partial charge in [-0.05, 0) is 39.5 Å². The van der Waals surface area contributed by atoms with Crippen LogP contribution in [0.5, 0.6) is 0 Å². The average Bonchev–Trinajstić information content (AvgIpc) is 2.81. The molecule has 3 heterocycles. The van der Waals surface area contributed by atoms with Gasteiger partial charge >= 0.3 is 0 Å². The van der Waals surface area contributed by atoms with Gasteiger partial charge in [0.15, 0.2) is 5.79 Å². The maximum absolute atomic E-state index is 6.35. The molecule has 3 rings (SSSR count). The Labute approximate surface area is 144 Å². The molecule has 5 heteroatoms. The number of hydrogen-bond acceptors (Lipinski definition) is 5. The van der Waals surface area contributed by atoms with Crippen LogP contribution in [-0.2, 0) is 23.7 Å². The van der Waals surface area contributed by atoms with E-state index in [2.05, 4.69) is 13.2 Å². The number of ether oxygens (including phenoxy) is 5. The number of hydrogen-bond donors (Lipinski definition) is 0. The summed E-state index contributed by atoms with van der Waals surface area (Å²) in [7, 11) is 0.